The first-order valence-electron chi connectivity index (χ1n) is 7.08. The van der Waals surface area contributed by atoms with Crippen LogP contribution in [-0.2, 0) is 24.2 Å². The van der Waals surface area contributed by atoms with Gasteiger partial charge in [0.05, 0.1) is 6.42 Å². The van der Waals surface area contributed by atoms with Gasteiger partial charge in [0, 0.05) is 16.7 Å². The van der Waals surface area contributed by atoms with Crippen LogP contribution in [0.2, 0.25) is 0 Å². The molecule has 2 aromatic rings. The number of fused-ring (bicyclic) bond motifs is 1. The van der Waals surface area contributed by atoms with E-state index in [2.05, 4.69) is 32.6 Å². The molecule has 3 nitrogen and oxygen atoms in total. The van der Waals surface area contributed by atoms with Gasteiger partial charge in [-0.2, -0.15) is 0 Å². The van der Waals surface area contributed by atoms with E-state index >= 15 is 0 Å². The van der Waals surface area contributed by atoms with Crippen LogP contribution in [0.3, 0.4) is 0 Å². The Labute approximate surface area is 132 Å². The Balaban J connectivity index is 1.71. The second-order valence-electron chi connectivity index (χ2n) is 5.22. The summed E-state index contributed by atoms with van der Waals surface area (Å²) in [6.45, 7) is 1.83. The van der Waals surface area contributed by atoms with Crippen molar-refractivity contribution in [3.8, 4) is 0 Å². The van der Waals surface area contributed by atoms with Crippen LogP contribution in [-0.4, -0.2) is 12.5 Å². The molecule has 0 bridgehead atoms. The van der Waals surface area contributed by atoms with Crippen LogP contribution in [0.4, 0.5) is 5.69 Å². The smallest absolute Gasteiger partial charge is 0.228 e. The summed E-state index contributed by atoms with van der Waals surface area (Å²) in [7, 11) is 0. The summed E-state index contributed by atoms with van der Waals surface area (Å²) >= 11 is 3.40. The van der Waals surface area contributed by atoms with Gasteiger partial charge in [-0.15, -0.1) is 0 Å². The van der Waals surface area contributed by atoms with Crippen molar-refractivity contribution in [3.05, 3.63) is 63.6 Å². The monoisotopic (exact) mass is 344 g/mol. The predicted octanol–water partition coefficient (Wildman–Crippen LogP) is 3.28. The van der Waals surface area contributed by atoms with E-state index < -0.39 is 0 Å². The summed E-state index contributed by atoms with van der Waals surface area (Å²) in [6, 6.07) is 14.0. The fourth-order valence-electron chi connectivity index (χ4n) is 2.61. The summed E-state index contributed by atoms with van der Waals surface area (Å²) in [5, 5.41) is 6.40. The van der Waals surface area contributed by atoms with Gasteiger partial charge < -0.3 is 10.6 Å². The molecule has 1 aliphatic heterocycles. The fraction of sp³-hybridized carbons (Fsp3) is 0.235. The summed E-state index contributed by atoms with van der Waals surface area (Å²) in [6.07, 6.45) is 1.41. The zero-order chi connectivity index (χ0) is 14.7. The molecular weight excluding hydrogens is 328 g/mol. The number of benzene rings is 2. The molecule has 0 radical (unpaired) electrons. The highest BCUT2D eigenvalue weighted by Crippen LogP contribution is 2.23. The number of hydrogen-bond acceptors (Lipinski definition) is 2. The Kier molecular flexibility index (Phi) is 4.36. The lowest BCUT2D eigenvalue weighted by molar-refractivity contribution is -0.115. The topological polar surface area (TPSA) is 41.1 Å². The highest BCUT2D eigenvalue weighted by Gasteiger charge is 2.14. The Bertz CT molecular complexity index is 652. The van der Waals surface area contributed by atoms with Crippen molar-refractivity contribution in [2.45, 2.75) is 19.4 Å². The lowest BCUT2D eigenvalue weighted by Gasteiger charge is -2.20. The summed E-state index contributed by atoms with van der Waals surface area (Å²) in [5.74, 6) is 0.0243. The van der Waals surface area contributed by atoms with Crippen LogP contribution >= 0.6 is 15.9 Å². The molecule has 2 aromatic carbocycles. The number of carbonyl (C=O) groups is 1. The van der Waals surface area contributed by atoms with Crippen LogP contribution < -0.4 is 10.6 Å². The SMILES string of the molecule is O=C(Cc1ccc(Br)cc1)Nc1cccc2c1CNCC2. The second kappa shape index (κ2) is 6.41. The van der Waals surface area contributed by atoms with Gasteiger partial charge in [-0.05, 0) is 47.9 Å². The van der Waals surface area contributed by atoms with Crippen LogP contribution in [0.5, 0.6) is 0 Å². The Morgan fingerprint density at radius 1 is 1.19 bits per heavy atom. The number of rotatable bonds is 3. The van der Waals surface area contributed by atoms with E-state index in [0.717, 1.165) is 35.2 Å². The maximum atomic E-state index is 12.2. The molecule has 0 aliphatic carbocycles. The van der Waals surface area contributed by atoms with Gasteiger partial charge in [-0.1, -0.05) is 40.2 Å². The first-order valence-corrected chi connectivity index (χ1v) is 7.87. The van der Waals surface area contributed by atoms with Gasteiger partial charge in [-0.25, -0.2) is 0 Å². The Morgan fingerprint density at radius 2 is 2.00 bits per heavy atom. The van der Waals surface area contributed by atoms with Crippen molar-refractivity contribution in [2.75, 3.05) is 11.9 Å². The largest absolute Gasteiger partial charge is 0.325 e. The van der Waals surface area contributed by atoms with Crippen molar-refractivity contribution >= 4 is 27.5 Å². The molecular formula is C17H17BrN2O. The van der Waals surface area contributed by atoms with Gasteiger partial charge in [0.15, 0.2) is 0 Å². The number of carbonyl (C=O) groups excluding carboxylic acids is 1. The minimum absolute atomic E-state index is 0.0243. The van der Waals surface area contributed by atoms with Crippen molar-refractivity contribution in [3.63, 3.8) is 0 Å². The zero-order valence-corrected chi connectivity index (χ0v) is 13.2. The van der Waals surface area contributed by atoms with Crippen LogP contribution in [0.25, 0.3) is 0 Å². The molecule has 3 rings (SSSR count). The van der Waals surface area contributed by atoms with Gasteiger partial charge in [0.25, 0.3) is 0 Å². The van der Waals surface area contributed by atoms with E-state index in [1.165, 1.54) is 11.1 Å². The Morgan fingerprint density at radius 3 is 2.81 bits per heavy atom. The van der Waals surface area contributed by atoms with Gasteiger partial charge in [-0.3, -0.25) is 4.79 Å². The number of hydrogen-bond donors (Lipinski definition) is 2. The van der Waals surface area contributed by atoms with Crippen LogP contribution in [0.1, 0.15) is 16.7 Å². The fourth-order valence-corrected chi connectivity index (χ4v) is 2.88. The molecule has 0 saturated carbocycles. The first kappa shape index (κ1) is 14.3. The maximum absolute atomic E-state index is 12.2. The maximum Gasteiger partial charge on any atom is 0.228 e. The van der Waals surface area contributed by atoms with E-state index in [1.807, 2.05) is 36.4 Å². The zero-order valence-electron chi connectivity index (χ0n) is 11.7. The average molecular weight is 345 g/mol. The molecule has 108 valence electrons. The number of amides is 1. The lowest BCUT2D eigenvalue weighted by atomic mass is 9.99. The third-order valence-electron chi connectivity index (χ3n) is 3.70. The number of nitrogens with one attached hydrogen (secondary N) is 2. The first-order chi connectivity index (χ1) is 10.2. The van der Waals surface area contributed by atoms with E-state index in [-0.39, 0.29) is 5.91 Å². The normalized spacial score (nSPS) is 13.6. The van der Waals surface area contributed by atoms with Gasteiger partial charge in [0.2, 0.25) is 5.91 Å². The van der Waals surface area contributed by atoms with E-state index in [9.17, 15) is 4.79 Å². The molecule has 0 aromatic heterocycles. The predicted molar refractivity (Wildman–Crippen MR) is 88.3 cm³/mol. The molecule has 4 heteroatoms. The molecule has 1 aliphatic rings. The van der Waals surface area contributed by atoms with Crippen molar-refractivity contribution < 1.29 is 4.79 Å². The number of anilines is 1. The summed E-state index contributed by atoms with van der Waals surface area (Å²) in [4.78, 5) is 12.2. The molecule has 0 spiro atoms. The second-order valence-corrected chi connectivity index (χ2v) is 6.14. The number of halogens is 1. The molecule has 1 heterocycles. The highest BCUT2D eigenvalue weighted by molar-refractivity contribution is 9.10. The quantitative estimate of drug-likeness (QED) is 0.897. The molecule has 0 saturated heterocycles. The average Bonchev–Trinajstić information content (AvgIpc) is 2.50. The molecule has 0 unspecified atom stereocenters. The summed E-state index contributed by atoms with van der Waals surface area (Å²) in [5.41, 5.74) is 4.49. The van der Waals surface area contributed by atoms with E-state index in [1.54, 1.807) is 0 Å². The van der Waals surface area contributed by atoms with E-state index in [0.29, 0.717) is 6.42 Å². The molecule has 2 N–H and O–H groups in total. The van der Waals surface area contributed by atoms with Crippen molar-refractivity contribution in [1.29, 1.82) is 0 Å². The molecule has 21 heavy (non-hydrogen) atoms. The molecule has 0 atom stereocenters. The lowest BCUT2D eigenvalue weighted by Crippen LogP contribution is -2.25. The third-order valence-corrected chi connectivity index (χ3v) is 4.23. The van der Waals surface area contributed by atoms with Crippen LogP contribution in [0, 0.1) is 0 Å². The minimum Gasteiger partial charge on any atom is -0.325 e. The minimum atomic E-state index is 0.0243. The van der Waals surface area contributed by atoms with Crippen molar-refractivity contribution in [1.82, 2.24) is 5.32 Å². The van der Waals surface area contributed by atoms with Gasteiger partial charge in [0.1, 0.15) is 0 Å². The molecule has 0 fully saturated rings. The molecule has 1 amide bonds. The standard InChI is InChI=1S/C17H17BrN2O/c18-14-6-4-12(5-7-14)10-17(21)20-16-3-1-2-13-8-9-19-11-15(13)16/h1-7,19H,8-11H2,(H,20,21). The third kappa shape index (κ3) is 3.52. The van der Waals surface area contributed by atoms with Gasteiger partial charge >= 0.3 is 0 Å². The summed E-state index contributed by atoms with van der Waals surface area (Å²) < 4.78 is 1.02. The van der Waals surface area contributed by atoms with Crippen molar-refractivity contribution in [2.24, 2.45) is 0 Å². The van der Waals surface area contributed by atoms with Crippen LogP contribution in [0.15, 0.2) is 46.9 Å². The highest BCUT2D eigenvalue weighted by atomic mass is 79.9. The Hall–Kier alpha value is -1.65. The van der Waals surface area contributed by atoms with E-state index in [4.69, 9.17) is 0 Å².